The standard InChI is InChI=1S/C15H26N2O3/c1-5-14(19)17(3)10-13(18)16-11-15(20-4)8-6-12(2)7-9-15/h5,12H,1,6-11H2,2-4H3,(H,16,18). The predicted octanol–water partition coefficient (Wildman–Crippen LogP) is 1.34. The summed E-state index contributed by atoms with van der Waals surface area (Å²) < 4.78 is 5.64. The van der Waals surface area contributed by atoms with Gasteiger partial charge in [0.1, 0.15) is 0 Å². The second-order valence-corrected chi connectivity index (χ2v) is 5.74. The van der Waals surface area contributed by atoms with Gasteiger partial charge in [0.25, 0.3) is 0 Å². The normalized spacial score (nSPS) is 25.9. The number of hydrogen-bond donors (Lipinski definition) is 1. The Balaban J connectivity index is 2.42. The second kappa shape index (κ2) is 7.43. The van der Waals surface area contributed by atoms with Crippen molar-refractivity contribution in [3.63, 3.8) is 0 Å². The zero-order valence-electron chi connectivity index (χ0n) is 12.8. The highest BCUT2D eigenvalue weighted by atomic mass is 16.5. The fourth-order valence-corrected chi connectivity index (χ4v) is 2.51. The van der Waals surface area contributed by atoms with Gasteiger partial charge in [0.15, 0.2) is 0 Å². The molecule has 0 radical (unpaired) electrons. The summed E-state index contributed by atoms with van der Waals surface area (Å²) in [5, 5.41) is 2.88. The van der Waals surface area contributed by atoms with Crippen LogP contribution < -0.4 is 5.32 Å². The summed E-state index contributed by atoms with van der Waals surface area (Å²) in [7, 11) is 3.29. The third kappa shape index (κ3) is 4.63. The first kappa shape index (κ1) is 16.7. The monoisotopic (exact) mass is 282 g/mol. The van der Waals surface area contributed by atoms with E-state index in [0.29, 0.717) is 6.54 Å². The van der Waals surface area contributed by atoms with Crippen molar-refractivity contribution < 1.29 is 14.3 Å². The van der Waals surface area contributed by atoms with Gasteiger partial charge in [0.05, 0.1) is 12.1 Å². The fraction of sp³-hybridized carbons (Fsp3) is 0.733. The van der Waals surface area contributed by atoms with Gasteiger partial charge in [-0.3, -0.25) is 9.59 Å². The van der Waals surface area contributed by atoms with E-state index in [4.69, 9.17) is 4.74 Å². The van der Waals surface area contributed by atoms with Gasteiger partial charge in [-0.1, -0.05) is 13.5 Å². The molecule has 1 fully saturated rings. The number of likely N-dealkylation sites (N-methyl/N-ethyl adjacent to an activating group) is 1. The molecule has 0 aliphatic heterocycles. The quantitative estimate of drug-likeness (QED) is 0.748. The largest absolute Gasteiger partial charge is 0.376 e. The highest BCUT2D eigenvalue weighted by Gasteiger charge is 2.34. The lowest BCUT2D eigenvalue weighted by Crippen LogP contribution is -2.48. The van der Waals surface area contributed by atoms with E-state index in [2.05, 4.69) is 18.8 Å². The Morgan fingerprint density at radius 3 is 2.55 bits per heavy atom. The second-order valence-electron chi connectivity index (χ2n) is 5.74. The molecule has 2 amide bonds. The lowest BCUT2D eigenvalue weighted by Gasteiger charge is -2.38. The van der Waals surface area contributed by atoms with Crippen LogP contribution in [0.3, 0.4) is 0 Å². The smallest absolute Gasteiger partial charge is 0.246 e. The first-order valence-electron chi connectivity index (χ1n) is 7.12. The highest BCUT2D eigenvalue weighted by Crippen LogP contribution is 2.33. The van der Waals surface area contributed by atoms with E-state index in [1.807, 2.05) is 0 Å². The molecule has 0 aromatic rings. The molecule has 1 aliphatic carbocycles. The van der Waals surface area contributed by atoms with E-state index in [1.54, 1.807) is 14.2 Å². The first-order chi connectivity index (χ1) is 9.42. The van der Waals surface area contributed by atoms with Crippen LogP contribution in [0.25, 0.3) is 0 Å². The number of carbonyl (C=O) groups excluding carboxylic acids is 2. The Bertz CT molecular complexity index is 360. The number of ether oxygens (including phenoxy) is 1. The zero-order valence-corrected chi connectivity index (χ0v) is 12.8. The molecule has 114 valence electrons. The maximum absolute atomic E-state index is 11.8. The van der Waals surface area contributed by atoms with Crippen LogP contribution in [0, 0.1) is 5.92 Å². The molecule has 1 N–H and O–H groups in total. The van der Waals surface area contributed by atoms with E-state index < -0.39 is 0 Å². The molecule has 5 heteroatoms. The predicted molar refractivity (Wildman–Crippen MR) is 78.2 cm³/mol. The van der Waals surface area contributed by atoms with Gasteiger partial charge < -0.3 is 15.0 Å². The Kier molecular flexibility index (Phi) is 6.20. The van der Waals surface area contributed by atoms with Gasteiger partial charge in [-0.05, 0) is 37.7 Å². The van der Waals surface area contributed by atoms with Gasteiger partial charge in [-0.2, -0.15) is 0 Å². The molecule has 0 bridgehead atoms. The molecule has 20 heavy (non-hydrogen) atoms. The summed E-state index contributed by atoms with van der Waals surface area (Å²) in [5.74, 6) is 0.302. The van der Waals surface area contributed by atoms with Crippen molar-refractivity contribution in [3.8, 4) is 0 Å². The SMILES string of the molecule is C=CC(=O)N(C)CC(=O)NCC1(OC)CCC(C)CC1. The third-order valence-electron chi connectivity index (χ3n) is 4.16. The van der Waals surface area contributed by atoms with Crippen LogP contribution >= 0.6 is 0 Å². The summed E-state index contributed by atoms with van der Waals surface area (Å²) in [4.78, 5) is 24.5. The summed E-state index contributed by atoms with van der Waals surface area (Å²) in [5.41, 5.74) is -0.247. The lowest BCUT2D eigenvalue weighted by molar-refractivity contribution is -0.132. The van der Waals surface area contributed by atoms with Crippen molar-refractivity contribution in [2.45, 2.75) is 38.2 Å². The summed E-state index contributed by atoms with van der Waals surface area (Å²) >= 11 is 0. The molecule has 0 unspecified atom stereocenters. The number of rotatable bonds is 6. The van der Waals surface area contributed by atoms with Crippen molar-refractivity contribution in [3.05, 3.63) is 12.7 Å². The van der Waals surface area contributed by atoms with Gasteiger partial charge in [-0.25, -0.2) is 0 Å². The van der Waals surface area contributed by atoms with Crippen molar-refractivity contribution >= 4 is 11.8 Å². The summed E-state index contributed by atoms with van der Waals surface area (Å²) in [6.07, 6.45) is 5.38. The summed E-state index contributed by atoms with van der Waals surface area (Å²) in [6.45, 7) is 6.19. The van der Waals surface area contributed by atoms with Gasteiger partial charge in [-0.15, -0.1) is 0 Å². The molecule has 0 saturated heterocycles. The van der Waals surface area contributed by atoms with Crippen molar-refractivity contribution in [1.82, 2.24) is 10.2 Å². The van der Waals surface area contributed by atoms with Crippen LogP contribution in [-0.2, 0) is 14.3 Å². The Hall–Kier alpha value is -1.36. The summed E-state index contributed by atoms with van der Waals surface area (Å²) in [6, 6.07) is 0. The van der Waals surface area contributed by atoms with E-state index in [0.717, 1.165) is 31.6 Å². The zero-order chi connectivity index (χ0) is 15.2. The lowest BCUT2D eigenvalue weighted by atomic mass is 9.79. The fourth-order valence-electron chi connectivity index (χ4n) is 2.51. The van der Waals surface area contributed by atoms with Crippen LogP contribution in [0.5, 0.6) is 0 Å². The van der Waals surface area contributed by atoms with E-state index in [-0.39, 0.29) is 24.0 Å². The number of nitrogens with one attached hydrogen (secondary N) is 1. The van der Waals surface area contributed by atoms with E-state index >= 15 is 0 Å². The number of carbonyl (C=O) groups is 2. The van der Waals surface area contributed by atoms with Gasteiger partial charge >= 0.3 is 0 Å². The molecule has 0 heterocycles. The molecular formula is C15H26N2O3. The first-order valence-corrected chi connectivity index (χ1v) is 7.12. The number of amides is 2. The number of hydrogen-bond acceptors (Lipinski definition) is 3. The minimum Gasteiger partial charge on any atom is -0.376 e. The van der Waals surface area contributed by atoms with Crippen LogP contribution in [0.1, 0.15) is 32.6 Å². The minimum absolute atomic E-state index is 0.0427. The molecular weight excluding hydrogens is 256 g/mol. The van der Waals surface area contributed by atoms with E-state index in [1.165, 1.54) is 11.0 Å². The minimum atomic E-state index is -0.256. The van der Waals surface area contributed by atoms with Crippen molar-refractivity contribution in [1.29, 1.82) is 0 Å². The Morgan fingerprint density at radius 1 is 1.45 bits per heavy atom. The van der Waals surface area contributed by atoms with Crippen molar-refractivity contribution in [2.75, 3.05) is 27.2 Å². The van der Waals surface area contributed by atoms with Gasteiger partial charge in [0, 0.05) is 20.7 Å². The Labute approximate surface area is 121 Å². The average molecular weight is 282 g/mol. The highest BCUT2D eigenvalue weighted by molar-refractivity contribution is 5.90. The molecule has 0 spiro atoms. The van der Waals surface area contributed by atoms with Crippen LogP contribution in [0.15, 0.2) is 12.7 Å². The van der Waals surface area contributed by atoms with E-state index in [9.17, 15) is 9.59 Å². The maximum atomic E-state index is 11.8. The topological polar surface area (TPSA) is 58.6 Å². The third-order valence-corrected chi connectivity index (χ3v) is 4.16. The molecule has 0 atom stereocenters. The van der Waals surface area contributed by atoms with Crippen LogP contribution in [-0.4, -0.2) is 49.6 Å². The number of methoxy groups -OCH3 is 1. The van der Waals surface area contributed by atoms with Crippen molar-refractivity contribution in [2.24, 2.45) is 5.92 Å². The van der Waals surface area contributed by atoms with Gasteiger partial charge in [0.2, 0.25) is 11.8 Å². The molecule has 1 rings (SSSR count). The molecule has 0 aromatic carbocycles. The maximum Gasteiger partial charge on any atom is 0.246 e. The van der Waals surface area contributed by atoms with Crippen LogP contribution in [0.2, 0.25) is 0 Å². The molecule has 0 aromatic heterocycles. The average Bonchev–Trinajstić information content (AvgIpc) is 2.46. The molecule has 1 saturated carbocycles. The molecule has 5 nitrogen and oxygen atoms in total. The Morgan fingerprint density at radius 2 is 2.05 bits per heavy atom. The number of nitrogens with zero attached hydrogens (tertiary/aromatic N) is 1. The van der Waals surface area contributed by atoms with Crippen LogP contribution in [0.4, 0.5) is 0 Å². The molecule has 1 aliphatic rings.